The monoisotopic (exact) mass is 406 g/mol. The van der Waals surface area contributed by atoms with Crippen LogP contribution in [0.1, 0.15) is 84.3 Å². The van der Waals surface area contributed by atoms with Gasteiger partial charge in [-0.2, -0.15) is 0 Å². The molecule has 0 aliphatic rings. The number of carbonyl (C=O) groups excluding carboxylic acids is 2. The average molecular weight is 407 g/mol. The number of ketones is 2. The second kappa shape index (κ2) is 15.3. The van der Waals surface area contributed by atoms with Gasteiger partial charge in [0.1, 0.15) is 11.6 Å². The van der Waals surface area contributed by atoms with E-state index >= 15 is 0 Å². The van der Waals surface area contributed by atoms with E-state index in [1.807, 2.05) is 52.0 Å². The van der Waals surface area contributed by atoms with Crippen molar-refractivity contribution in [1.82, 2.24) is 0 Å². The molecule has 2 unspecified atom stereocenters. The van der Waals surface area contributed by atoms with E-state index in [-0.39, 0.29) is 36.1 Å². The van der Waals surface area contributed by atoms with Gasteiger partial charge in [0.2, 0.25) is 0 Å². The quantitative estimate of drug-likeness (QED) is 0.460. The van der Waals surface area contributed by atoms with Gasteiger partial charge in [0.15, 0.2) is 0 Å². The second-order valence-corrected chi connectivity index (χ2v) is 8.29. The van der Waals surface area contributed by atoms with Crippen LogP contribution >= 0.6 is 0 Å². The minimum atomic E-state index is -0.165. The molecule has 1 aromatic carbocycles. The summed E-state index contributed by atoms with van der Waals surface area (Å²) in [7, 11) is 0. The maximum atomic E-state index is 12.3. The predicted molar refractivity (Wildman–Crippen MR) is 120 cm³/mol. The van der Waals surface area contributed by atoms with Crippen LogP contribution < -0.4 is 0 Å². The van der Waals surface area contributed by atoms with Crippen molar-refractivity contribution >= 4 is 11.6 Å². The lowest BCUT2D eigenvalue weighted by molar-refractivity contribution is -0.119. The van der Waals surface area contributed by atoms with Gasteiger partial charge in [-0.3, -0.25) is 9.59 Å². The molecule has 2 atom stereocenters. The minimum absolute atomic E-state index is 0.117. The smallest absolute Gasteiger partial charge is 0.137 e. The lowest BCUT2D eigenvalue weighted by Crippen LogP contribution is -2.22. The number of rotatable bonds is 14. The average Bonchev–Trinajstić information content (AvgIpc) is 2.73. The summed E-state index contributed by atoms with van der Waals surface area (Å²) in [6.07, 6.45) is 5.14. The number of benzene rings is 1. The maximum absolute atomic E-state index is 12.3. The number of aliphatic hydroxyl groups is 2. The van der Waals surface area contributed by atoms with Crippen molar-refractivity contribution in [1.29, 1.82) is 0 Å². The molecule has 0 aliphatic heterocycles. The fraction of sp³-hybridized carbons (Fsp3) is 0.680. The van der Waals surface area contributed by atoms with E-state index < -0.39 is 0 Å². The first kappa shape index (κ1) is 27.5. The van der Waals surface area contributed by atoms with Crippen molar-refractivity contribution < 1.29 is 19.8 Å². The summed E-state index contributed by atoms with van der Waals surface area (Å²) in [6, 6.07) is 7.69. The van der Waals surface area contributed by atoms with Crippen molar-refractivity contribution in [3.05, 3.63) is 35.4 Å². The van der Waals surface area contributed by atoms with Gasteiger partial charge in [-0.05, 0) is 41.7 Å². The zero-order chi connectivity index (χ0) is 22.3. The lowest BCUT2D eigenvalue weighted by atomic mass is 9.81. The Balaban J connectivity index is 0.00000379. The first-order valence-electron chi connectivity index (χ1n) is 11.1. The maximum Gasteiger partial charge on any atom is 0.137 e. The van der Waals surface area contributed by atoms with Gasteiger partial charge in [-0.15, -0.1) is 0 Å². The summed E-state index contributed by atoms with van der Waals surface area (Å²) >= 11 is 0. The van der Waals surface area contributed by atoms with Crippen LogP contribution in [0.5, 0.6) is 0 Å². The molecule has 29 heavy (non-hydrogen) atoms. The molecule has 0 heterocycles. The van der Waals surface area contributed by atoms with Gasteiger partial charge in [-0.25, -0.2) is 0 Å². The first-order valence-corrected chi connectivity index (χ1v) is 11.1. The summed E-state index contributed by atoms with van der Waals surface area (Å²) in [5.41, 5.74) is 1.76. The van der Waals surface area contributed by atoms with Crippen LogP contribution in [0.3, 0.4) is 0 Å². The van der Waals surface area contributed by atoms with Crippen molar-refractivity contribution in [3.63, 3.8) is 0 Å². The van der Waals surface area contributed by atoms with E-state index in [4.69, 9.17) is 5.11 Å². The molecule has 1 rings (SSSR count). The zero-order valence-corrected chi connectivity index (χ0v) is 19.2. The molecule has 1 aromatic rings. The lowest BCUT2D eigenvalue weighted by Gasteiger charge is -2.26. The molecule has 0 spiro atoms. The summed E-state index contributed by atoms with van der Waals surface area (Å²) in [5, 5.41) is 18.6. The molecule has 0 radical (unpaired) electrons. The Morgan fingerprint density at radius 2 is 1.41 bits per heavy atom. The third-order valence-corrected chi connectivity index (χ3v) is 5.30. The van der Waals surface area contributed by atoms with E-state index in [1.54, 1.807) is 0 Å². The van der Waals surface area contributed by atoms with Gasteiger partial charge in [0.25, 0.3) is 0 Å². The van der Waals surface area contributed by atoms with Gasteiger partial charge >= 0.3 is 0 Å². The van der Waals surface area contributed by atoms with Gasteiger partial charge in [0.05, 0.1) is 0 Å². The molecule has 0 saturated carbocycles. The van der Waals surface area contributed by atoms with Crippen LogP contribution in [0, 0.1) is 11.3 Å². The topological polar surface area (TPSA) is 74.6 Å². The fourth-order valence-electron chi connectivity index (χ4n) is 3.23. The molecular weight excluding hydrogens is 364 g/mol. The van der Waals surface area contributed by atoms with Crippen molar-refractivity contribution in [3.8, 4) is 0 Å². The van der Waals surface area contributed by atoms with E-state index in [0.29, 0.717) is 32.1 Å². The predicted octanol–water partition coefficient (Wildman–Crippen LogP) is 4.92. The summed E-state index contributed by atoms with van der Waals surface area (Å²) in [6.45, 7) is 10.3. The Morgan fingerprint density at radius 1 is 0.931 bits per heavy atom. The largest absolute Gasteiger partial charge is 0.396 e. The zero-order valence-electron chi connectivity index (χ0n) is 19.2. The molecule has 166 valence electrons. The third-order valence-electron chi connectivity index (χ3n) is 5.30. The van der Waals surface area contributed by atoms with Crippen molar-refractivity contribution in [2.24, 2.45) is 11.3 Å². The number of hydrogen-bond donors (Lipinski definition) is 2. The van der Waals surface area contributed by atoms with Gasteiger partial charge in [0, 0.05) is 38.9 Å². The number of aliphatic hydroxyl groups excluding tert-OH is 2. The van der Waals surface area contributed by atoms with E-state index in [2.05, 4.69) is 6.92 Å². The summed E-state index contributed by atoms with van der Waals surface area (Å²) in [5.74, 6) is 0.526. The number of carbonyl (C=O) groups is 2. The van der Waals surface area contributed by atoms with Crippen LogP contribution in [-0.4, -0.2) is 35.0 Å². The van der Waals surface area contributed by atoms with Crippen LogP contribution in [0.25, 0.3) is 0 Å². The van der Waals surface area contributed by atoms with Crippen molar-refractivity contribution in [2.75, 3.05) is 13.2 Å². The highest BCUT2D eigenvalue weighted by Gasteiger charge is 2.23. The fourth-order valence-corrected chi connectivity index (χ4v) is 3.23. The van der Waals surface area contributed by atoms with Crippen LogP contribution in [-0.2, 0) is 22.4 Å². The van der Waals surface area contributed by atoms with E-state index in [0.717, 1.165) is 30.4 Å². The normalized spacial score (nSPS) is 13.8. The Bertz CT molecular complexity index is 579. The molecule has 0 aromatic heterocycles. The summed E-state index contributed by atoms with van der Waals surface area (Å²) < 4.78 is 0. The van der Waals surface area contributed by atoms with Gasteiger partial charge < -0.3 is 10.2 Å². The summed E-state index contributed by atoms with van der Waals surface area (Å²) in [4.78, 5) is 24.3. The SMILES string of the molecule is CC.CCCC(C)(CO)CCC(=O)Cc1ccc(CC(=O)CCC(C)CO)cc1. The van der Waals surface area contributed by atoms with E-state index in [9.17, 15) is 14.7 Å². The third kappa shape index (κ3) is 11.9. The Morgan fingerprint density at radius 3 is 1.83 bits per heavy atom. The van der Waals surface area contributed by atoms with Crippen molar-refractivity contribution in [2.45, 2.75) is 86.0 Å². The van der Waals surface area contributed by atoms with Gasteiger partial charge in [-0.1, -0.05) is 65.3 Å². The molecular formula is C25H42O4. The first-order chi connectivity index (χ1) is 13.8. The van der Waals surface area contributed by atoms with Crippen LogP contribution in [0.2, 0.25) is 0 Å². The number of hydrogen-bond acceptors (Lipinski definition) is 4. The van der Waals surface area contributed by atoms with Crippen LogP contribution in [0.15, 0.2) is 24.3 Å². The highest BCUT2D eigenvalue weighted by molar-refractivity contribution is 5.82. The Kier molecular flexibility index (Phi) is 14.5. The molecule has 0 fully saturated rings. The second-order valence-electron chi connectivity index (χ2n) is 8.29. The number of Topliss-reactive ketones (excluding diaryl/α,β-unsaturated/α-hetero) is 2. The Hall–Kier alpha value is -1.52. The van der Waals surface area contributed by atoms with E-state index in [1.165, 1.54) is 0 Å². The molecule has 4 heteroatoms. The molecule has 0 aliphatic carbocycles. The molecule has 0 bridgehead atoms. The highest BCUT2D eigenvalue weighted by atomic mass is 16.3. The minimum Gasteiger partial charge on any atom is -0.396 e. The molecule has 4 nitrogen and oxygen atoms in total. The molecule has 0 amide bonds. The highest BCUT2D eigenvalue weighted by Crippen LogP contribution is 2.28. The standard InChI is InChI=1S/C23H36O4.C2H6/c1-4-12-23(3,17-25)13-11-22(27)15-20-8-6-19(7-9-20)14-21(26)10-5-18(2)16-24;1-2/h6-9,18,24-25H,4-5,10-17H2,1-3H3;1-2H3. The molecule has 2 N–H and O–H groups in total. The Labute approximate surface area is 177 Å². The molecule has 0 saturated heterocycles. The van der Waals surface area contributed by atoms with Crippen LogP contribution in [0.4, 0.5) is 0 Å².